The highest BCUT2D eigenvalue weighted by Gasteiger charge is 2.24. The Balaban J connectivity index is 2.15. The van der Waals surface area contributed by atoms with Crippen LogP contribution in [0.3, 0.4) is 0 Å². The third-order valence-corrected chi connectivity index (χ3v) is 6.18. The van der Waals surface area contributed by atoms with Gasteiger partial charge in [0.1, 0.15) is 11.6 Å². The maximum Gasteiger partial charge on any atom is 0.233 e. The van der Waals surface area contributed by atoms with Crippen molar-refractivity contribution in [3.8, 4) is 11.3 Å². The highest BCUT2D eigenvalue weighted by atomic mass is 32.2. The average molecular weight is 432 g/mol. The molecule has 0 bridgehead atoms. The van der Waals surface area contributed by atoms with Crippen molar-refractivity contribution >= 4 is 26.9 Å². The summed E-state index contributed by atoms with van der Waals surface area (Å²) in [4.78, 5) is 4.62. The number of unbranched alkanes of at least 4 members (excludes halogenated alkanes) is 1. The minimum atomic E-state index is -3.52. The van der Waals surface area contributed by atoms with Gasteiger partial charge in [0.25, 0.3) is 0 Å². The molecule has 8 heteroatoms. The summed E-state index contributed by atoms with van der Waals surface area (Å²) < 4.78 is 32.3. The predicted molar refractivity (Wildman–Crippen MR) is 120 cm³/mol. The summed E-state index contributed by atoms with van der Waals surface area (Å²) in [5.74, 6) is 1.10. The minimum Gasteiger partial charge on any atom is -0.437 e. The fourth-order valence-corrected chi connectivity index (χ4v) is 4.46. The van der Waals surface area contributed by atoms with E-state index in [1.807, 2.05) is 51.2 Å². The molecule has 3 aromatic rings. The van der Waals surface area contributed by atoms with Crippen molar-refractivity contribution in [1.29, 1.82) is 0 Å². The highest BCUT2D eigenvalue weighted by Crippen LogP contribution is 2.36. The predicted octanol–water partition coefficient (Wildman–Crippen LogP) is 3.37. The lowest BCUT2D eigenvalue weighted by atomic mass is 10.0. The zero-order valence-electron chi connectivity index (χ0n) is 17.9. The number of hydrogen-bond donors (Lipinski definition) is 2. The number of hydrogen-bond acceptors (Lipinski definition) is 6. The Morgan fingerprint density at radius 1 is 1.17 bits per heavy atom. The van der Waals surface area contributed by atoms with Crippen molar-refractivity contribution in [3.05, 3.63) is 47.0 Å². The van der Waals surface area contributed by atoms with Gasteiger partial charge in [-0.1, -0.05) is 29.8 Å². The second-order valence-electron chi connectivity index (χ2n) is 7.55. The van der Waals surface area contributed by atoms with Crippen LogP contribution in [0.5, 0.6) is 0 Å². The van der Waals surface area contributed by atoms with Gasteiger partial charge in [0.2, 0.25) is 15.7 Å². The van der Waals surface area contributed by atoms with Crippen LogP contribution in [0.2, 0.25) is 0 Å². The first kappa shape index (κ1) is 22.3. The largest absolute Gasteiger partial charge is 0.437 e. The third kappa shape index (κ3) is 4.66. The molecule has 0 atom stereocenters. The monoisotopic (exact) mass is 431 g/mol. The van der Waals surface area contributed by atoms with Crippen LogP contribution in [0.4, 0.5) is 5.82 Å². The Bertz CT molecular complexity index is 1120. The zero-order chi connectivity index (χ0) is 21.9. The molecular formula is C22H29N3O4S. The van der Waals surface area contributed by atoms with Gasteiger partial charge in [-0.05, 0) is 45.4 Å². The Morgan fingerprint density at radius 2 is 1.87 bits per heavy atom. The van der Waals surface area contributed by atoms with E-state index in [4.69, 9.17) is 9.52 Å². The molecule has 2 N–H and O–H groups in total. The fourth-order valence-electron chi connectivity index (χ4n) is 3.50. The highest BCUT2D eigenvalue weighted by molar-refractivity contribution is 7.92. The smallest absolute Gasteiger partial charge is 0.233 e. The number of anilines is 1. The number of rotatable bonds is 9. The molecule has 0 spiro atoms. The van der Waals surface area contributed by atoms with E-state index in [0.717, 1.165) is 33.4 Å². The molecule has 1 aromatic carbocycles. The van der Waals surface area contributed by atoms with Crippen LogP contribution in [0.25, 0.3) is 22.4 Å². The van der Waals surface area contributed by atoms with Crippen LogP contribution in [-0.4, -0.2) is 45.0 Å². The van der Waals surface area contributed by atoms with Gasteiger partial charge in [0.15, 0.2) is 0 Å². The lowest BCUT2D eigenvalue weighted by Gasteiger charge is -2.22. The normalized spacial score (nSPS) is 11.9. The number of furan rings is 1. The van der Waals surface area contributed by atoms with Crippen molar-refractivity contribution in [2.24, 2.45) is 0 Å². The van der Waals surface area contributed by atoms with Crippen LogP contribution >= 0.6 is 0 Å². The van der Waals surface area contributed by atoms with Crippen LogP contribution in [0.15, 0.2) is 34.7 Å². The van der Waals surface area contributed by atoms with Gasteiger partial charge in [-0.3, -0.25) is 4.31 Å². The lowest BCUT2D eigenvalue weighted by Crippen LogP contribution is -2.32. The number of sulfonamides is 1. The molecule has 0 radical (unpaired) electrons. The molecule has 2 heterocycles. The van der Waals surface area contributed by atoms with Gasteiger partial charge in [-0.15, -0.1) is 0 Å². The number of aryl methyl sites for hydroxylation is 2. The molecule has 0 aliphatic heterocycles. The van der Waals surface area contributed by atoms with Crippen molar-refractivity contribution in [3.63, 3.8) is 0 Å². The summed E-state index contributed by atoms with van der Waals surface area (Å²) in [6.45, 7) is 4.77. The number of aliphatic hydroxyl groups excluding tert-OH is 1. The second kappa shape index (κ2) is 9.16. The van der Waals surface area contributed by atoms with Crippen molar-refractivity contribution < 1.29 is 17.9 Å². The first-order valence-electron chi connectivity index (χ1n) is 9.99. The standard InChI is InChI=1S/C22H29N3O4S/c1-15-7-9-17(10-8-15)20-19(14-23-3)18-13-16(2)21(24-22(18)29-20)25(30(4,27)28)11-5-6-12-26/h7-10,13,23,26H,5-6,11-12,14H2,1-4H3. The molecule has 0 unspecified atom stereocenters. The number of aliphatic hydroxyl groups is 1. The van der Waals surface area contributed by atoms with E-state index in [2.05, 4.69) is 10.3 Å². The summed E-state index contributed by atoms with van der Waals surface area (Å²) in [7, 11) is -1.65. The third-order valence-electron chi connectivity index (χ3n) is 5.02. The summed E-state index contributed by atoms with van der Waals surface area (Å²) in [5, 5.41) is 13.1. The molecular weight excluding hydrogens is 402 g/mol. The van der Waals surface area contributed by atoms with E-state index < -0.39 is 10.0 Å². The molecule has 0 amide bonds. The van der Waals surface area contributed by atoms with Gasteiger partial charge in [-0.25, -0.2) is 8.42 Å². The Kier molecular flexibility index (Phi) is 6.80. The van der Waals surface area contributed by atoms with Crippen molar-refractivity contribution in [2.75, 3.05) is 30.8 Å². The Morgan fingerprint density at radius 3 is 2.47 bits per heavy atom. The molecule has 0 aliphatic carbocycles. The molecule has 3 rings (SSSR count). The van der Waals surface area contributed by atoms with Crippen LogP contribution in [-0.2, 0) is 16.6 Å². The van der Waals surface area contributed by atoms with Gasteiger partial charge in [0.05, 0.1) is 6.26 Å². The molecule has 0 saturated carbocycles. The fraction of sp³-hybridized carbons (Fsp3) is 0.409. The van der Waals surface area contributed by atoms with Gasteiger partial charge < -0.3 is 14.8 Å². The second-order valence-corrected chi connectivity index (χ2v) is 9.46. The summed E-state index contributed by atoms with van der Waals surface area (Å²) in [6, 6.07) is 10.0. The van der Waals surface area contributed by atoms with Crippen molar-refractivity contribution in [2.45, 2.75) is 33.2 Å². The molecule has 0 fully saturated rings. The first-order valence-corrected chi connectivity index (χ1v) is 11.8. The SMILES string of the molecule is CNCc1c(-c2ccc(C)cc2)oc2nc(N(CCCCO)S(C)(=O)=O)c(C)cc12. The molecule has 2 aromatic heterocycles. The summed E-state index contributed by atoms with van der Waals surface area (Å²) in [6.07, 6.45) is 2.24. The molecule has 0 aliphatic rings. The molecule has 7 nitrogen and oxygen atoms in total. The van der Waals surface area contributed by atoms with Crippen LogP contribution in [0.1, 0.15) is 29.5 Å². The number of nitrogens with one attached hydrogen (secondary N) is 1. The van der Waals surface area contributed by atoms with E-state index in [1.54, 1.807) is 0 Å². The molecule has 30 heavy (non-hydrogen) atoms. The first-order chi connectivity index (χ1) is 14.3. The Hall–Kier alpha value is -2.42. The number of pyridine rings is 1. The average Bonchev–Trinajstić information content (AvgIpc) is 3.02. The van der Waals surface area contributed by atoms with Crippen LogP contribution in [0, 0.1) is 13.8 Å². The zero-order valence-corrected chi connectivity index (χ0v) is 18.7. The maximum atomic E-state index is 12.4. The molecule has 0 saturated heterocycles. The maximum absolute atomic E-state index is 12.4. The number of nitrogens with zero attached hydrogens (tertiary/aromatic N) is 2. The van der Waals surface area contributed by atoms with E-state index in [0.29, 0.717) is 30.9 Å². The lowest BCUT2D eigenvalue weighted by molar-refractivity contribution is 0.285. The van der Waals surface area contributed by atoms with Gasteiger partial charge in [0, 0.05) is 36.2 Å². The van der Waals surface area contributed by atoms with E-state index in [1.165, 1.54) is 10.6 Å². The van der Waals surface area contributed by atoms with Gasteiger partial charge in [-0.2, -0.15) is 4.98 Å². The van der Waals surface area contributed by atoms with E-state index >= 15 is 0 Å². The number of benzene rings is 1. The van der Waals surface area contributed by atoms with Crippen LogP contribution < -0.4 is 9.62 Å². The quantitative estimate of drug-likeness (QED) is 0.505. The number of fused-ring (bicyclic) bond motifs is 1. The van der Waals surface area contributed by atoms with Crippen molar-refractivity contribution in [1.82, 2.24) is 10.3 Å². The summed E-state index contributed by atoms with van der Waals surface area (Å²) >= 11 is 0. The topological polar surface area (TPSA) is 95.7 Å². The summed E-state index contributed by atoms with van der Waals surface area (Å²) in [5.41, 5.74) is 4.27. The Labute approximate surface area is 177 Å². The van der Waals surface area contributed by atoms with Gasteiger partial charge >= 0.3 is 0 Å². The molecule has 162 valence electrons. The van der Waals surface area contributed by atoms with E-state index in [9.17, 15) is 8.42 Å². The van der Waals surface area contributed by atoms with E-state index in [-0.39, 0.29) is 13.2 Å². The number of aromatic nitrogens is 1. The minimum absolute atomic E-state index is 0.0223.